The zero-order valence-electron chi connectivity index (χ0n) is 11.2. The van der Waals surface area contributed by atoms with Gasteiger partial charge < -0.3 is 10.6 Å². The van der Waals surface area contributed by atoms with Crippen molar-refractivity contribution < 1.29 is 9.18 Å². The lowest BCUT2D eigenvalue weighted by molar-refractivity contribution is -0.115. The SMILES string of the molecule is Cc1cccc(CNCC(=O)Nc2cccc(F)c2)n1. The Bertz CT molecular complexity index is 601. The molecule has 1 heterocycles. The fourth-order valence-electron chi connectivity index (χ4n) is 1.77. The standard InChI is InChI=1S/C15H16FN3O/c1-11-4-2-7-14(18-11)9-17-10-15(20)19-13-6-3-5-12(16)8-13/h2-8,17H,9-10H2,1H3,(H,19,20). The minimum absolute atomic E-state index is 0.145. The average molecular weight is 273 g/mol. The summed E-state index contributed by atoms with van der Waals surface area (Å²) in [7, 11) is 0. The maximum atomic E-state index is 13.0. The Kier molecular flexibility index (Phi) is 4.79. The van der Waals surface area contributed by atoms with Crippen LogP contribution in [0.3, 0.4) is 0 Å². The van der Waals surface area contributed by atoms with Gasteiger partial charge in [0.1, 0.15) is 5.82 Å². The zero-order chi connectivity index (χ0) is 14.4. The second kappa shape index (κ2) is 6.77. The highest BCUT2D eigenvalue weighted by Gasteiger charge is 2.03. The number of nitrogens with zero attached hydrogens (tertiary/aromatic N) is 1. The highest BCUT2D eigenvalue weighted by Crippen LogP contribution is 2.08. The van der Waals surface area contributed by atoms with Crippen molar-refractivity contribution in [3.8, 4) is 0 Å². The Balaban J connectivity index is 1.78. The molecule has 0 bridgehead atoms. The van der Waals surface area contributed by atoms with E-state index in [1.165, 1.54) is 12.1 Å². The van der Waals surface area contributed by atoms with Crippen molar-refractivity contribution in [3.63, 3.8) is 0 Å². The number of nitrogens with one attached hydrogen (secondary N) is 2. The van der Waals surface area contributed by atoms with Crippen molar-refractivity contribution in [2.45, 2.75) is 13.5 Å². The molecule has 0 spiro atoms. The van der Waals surface area contributed by atoms with E-state index in [9.17, 15) is 9.18 Å². The lowest BCUT2D eigenvalue weighted by Gasteiger charge is -2.07. The van der Waals surface area contributed by atoms with Crippen LogP contribution in [0.5, 0.6) is 0 Å². The summed E-state index contributed by atoms with van der Waals surface area (Å²) in [5, 5.41) is 5.61. The molecule has 2 aromatic rings. The highest BCUT2D eigenvalue weighted by atomic mass is 19.1. The molecule has 1 aromatic heterocycles. The maximum Gasteiger partial charge on any atom is 0.238 e. The second-order valence-electron chi connectivity index (χ2n) is 4.43. The van der Waals surface area contributed by atoms with Crippen LogP contribution in [0.2, 0.25) is 0 Å². The van der Waals surface area contributed by atoms with Gasteiger partial charge in [0.15, 0.2) is 0 Å². The highest BCUT2D eigenvalue weighted by molar-refractivity contribution is 5.92. The number of rotatable bonds is 5. The van der Waals surface area contributed by atoms with E-state index in [-0.39, 0.29) is 18.3 Å². The lowest BCUT2D eigenvalue weighted by Crippen LogP contribution is -2.28. The fraction of sp³-hybridized carbons (Fsp3) is 0.200. The molecule has 0 saturated heterocycles. The molecule has 0 aliphatic rings. The van der Waals surface area contributed by atoms with Crippen molar-refractivity contribution in [2.24, 2.45) is 0 Å². The molecule has 1 aromatic carbocycles. The second-order valence-corrected chi connectivity index (χ2v) is 4.43. The van der Waals surface area contributed by atoms with Gasteiger partial charge in [0.2, 0.25) is 5.91 Å². The smallest absolute Gasteiger partial charge is 0.238 e. The minimum atomic E-state index is -0.375. The molecule has 2 rings (SSSR count). The molecule has 0 unspecified atom stereocenters. The third-order valence-electron chi connectivity index (χ3n) is 2.65. The fourth-order valence-corrected chi connectivity index (χ4v) is 1.77. The third-order valence-corrected chi connectivity index (χ3v) is 2.65. The number of amides is 1. The van der Waals surface area contributed by atoms with E-state index >= 15 is 0 Å². The number of carbonyl (C=O) groups is 1. The van der Waals surface area contributed by atoms with Gasteiger partial charge in [-0.3, -0.25) is 9.78 Å². The molecule has 2 N–H and O–H groups in total. The van der Waals surface area contributed by atoms with Crippen LogP contribution in [0.1, 0.15) is 11.4 Å². The summed E-state index contributed by atoms with van der Waals surface area (Å²) in [6.45, 7) is 2.57. The minimum Gasteiger partial charge on any atom is -0.325 e. The summed E-state index contributed by atoms with van der Waals surface area (Å²) in [5.41, 5.74) is 2.27. The van der Waals surface area contributed by atoms with E-state index in [4.69, 9.17) is 0 Å². The van der Waals surface area contributed by atoms with Crippen LogP contribution < -0.4 is 10.6 Å². The molecule has 0 atom stereocenters. The number of hydrogen-bond acceptors (Lipinski definition) is 3. The Morgan fingerprint density at radius 3 is 2.80 bits per heavy atom. The number of pyridine rings is 1. The van der Waals surface area contributed by atoms with Crippen molar-refractivity contribution in [1.29, 1.82) is 0 Å². The molecule has 104 valence electrons. The van der Waals surface area contributed by atoms with Crippen molar-refractivity contribution >= 4 is 11.6 Å². The Labute approximate surface area is 117 Å². The molecule has 5 heteroatoms. The van der Waals surface area contributed by atoms with Gasteiger partial charge in [0.05, 0.1) is 12.2 Å². The van der Waals surface area contributed by atoms with Gasteiger partial charge in [-0.2, -0.15) is 0 Å². The van der Waals surface area contributed by atoms with Gasteiger partial charge in [-0.1, -0.05) is 12.1 Å². The summed E-state index contributed by atoms with van der Waals surface area (Å²) in [5.74, 6) is -0.594. The van der Waals surface area contributed by atoms with Gasteiger partial charge in [0.25, 0.3) is 0 Å². The molecule has 4 nitrogen and oxygen atoms in total. The third kappa shape index (κ3) is 4.44. The first-order chi connectivity index (χ1) is 9.63. The van der Waals surface area contributed by atoms with Crippen molar-refractivity contribution in [1.82, 2.24) is 10.3 Å². The van der Waals surface area contributed by atoms with E-state index in [1.54, 1.807) is 12.1 Å². The maximum absolute atomic E-state index is 13.0. The first-order valence-corrected chi connectivity index (χ1v) is 6.32. The summed E-state index contributed by atoms with van der Waals surface area (Å²) in [4.78, 5) is 16.0. The van der Waals surface area contributed by atoms with Gasteiger partial charge >= 0.3 is 0 Å². The predicted molar refractivity (Wildman–Crippen MR) is 75.7 cm³/mol. The van der Waals surface area contributed by atoms with Gasteiger partial charge in [-0.25, -0.2) is 4.39 Å². The van der Waals surface area contributed by atoms with Gasteiger partial charge in [-0.05, 0) is 37.3 Å². The van der Waals surface area contributed by atoms with Crippen molar-refractivity contribution in [2.75, 3.05) is 11.9 Å². The molecule has 20 heavy (non-hydrogen) atoms. The summed E-state index contributed by atoms with van der Waals surface area (Å²) in [6, 6.07) is 11.5. The molecular weight excluding hydrogens is 257 g/mol. The number of carbonyl (C=O) groups excluding carboxylic acids is 1. The number of halogens is 1. The Morgan fingerprint density at radius 2 is 2.05 bits per heavy atom. The largest absolute Gasteiger partial charge is 0.325 e. The predicted octanol–water partition coefficient (Wildman–Crippen LogP) is 2.26. The van der Waals surface area contributed by atoms with Crippen LogP contribution in [0.25, 0.3) is 0 Å². The summed E-state index contributed by atoms with van der Waals surface area (Å²) in [6.07, 6.45) is 0. The number of aryl methyl sites for hydroxylation is 1. The normalized spacial score (nSPS) is 10.3. The summed E-state index contributed by atoms with van der Waals surface area (Å²) >= 11 is 0. The Morgan fingerprint density at radius 1 is 1.25 bits per heavy atom. The lowest BCUT2D eigenvalue weighted by atomic mass is 10.3. The van der Waals surface area contributed by atoms with E-state index in [0.717, 1.165) is 11.4 Å². The van der Waals surface area contributed by atoms with Crippen LogP contribution >= 0.6 is 0 Å². The molecule has 0 aliphatic carbocycles. The number of benzene rings is 1. The topological polar surface area (TPSA) is 54.0 Å². The quantitative estimate of drug-likeness (QED) is 0.878. The molecule has 0 radical (unpaired) electrons. The number of anilines is 1. The van der Waals surface area contributed by atoms with Crippen LogP contribution in [-0.2, 0) is 11.3 Å². The van der Waals surface area contributed by atoms with E-state index in [1.807, 2.05) is 25.1 Å². The van der Waals surface area contributed by atoms with Gasteiger partial charge in [0, 0.05) is 17.9 Å². The van der Waals surface area contributed by atoms with Crippen LogP contribution in [-0.4, -0.2) is 17.4 Å². The van der Waals surface area contributed by atoms with E-state index in [0.29, 0.717) is 12.2 Å². The molecule has 0 fully saturated rings. The van der Waals surface area contributed by atoms with Gasteiger partial charge in [-0.15, -0.1) is 0 Å². The zero-order valence-corrected chi connectivity index (χ0v) is 11.2. The number of aromatic nitrogens is 1. The first kappa shape index (κ1) is 14.1. The monoisotopic (exact) mass is 273 g/mol. The molecule has 0 aliphatic heterocycles. The summed E-state index contributed by atoms with van der Waals surface area (Å²) < 4.78 is 13.0. The van der Waals surface area contributed by atoms with Crippen molar-refractivity contribution in [3.05, 3.63) is 59.7 Å². The van der Waals surface area contributed by atoms with E-state index < -0.39 is 0 Å². The number of hydrogen-bond donors (Lipinski definition) is 2. The average Bonchev–Trinajstić information content (AvgIpc) is 2.38. The van der Waals surface area contributed by atoms with E-state index in [2.05, 4.69) is 15.6 Å². The van der Waals surface area contributed by atoms with Crippen LogP contribution in [0, 0.1) is 12.7 Å². The first-order valence-electron chi connectivity index (χ1n) is 6.32. The molecule has 0 saturated carbocycles. The molecular formula is C15H16FN3O. The molecule has 1 amide bonds. The Hall–Kier alpha value is -2.27. The van der Waals surface area contributed by atoms with Crippen LogP contribution in [0.4, 0.5) is 10.1 Å². The van der Waals surface area contributed by atoms with Crippen LogP contribution in [0.15, 0.2) is 42.5 Å².